The van der Waals surface area contributed by atoms with Crippen LogP contribution < -0.4 is 4.74 Å². The van der Waals surface area contributed by atoms with Gasteiger partial charge in [-0.15, -0.1) is 0 Å². The number of ether oxygens (including phenoxy) is 1. The molecule has 0 amide bonds. The monoisotopic (exact) mass is 248 g/mol. The minimum atomic E-state index is -0.903. The lowest BCUT2D eigenvalue weighted by atomic mass is 9.90. The summed E-state index contributed by atoms with van der Waals surface area (Å²) in [5.74, 6) is -0.990. The molecule has 0 fully saturated rings. The minimum absolute atomic E-state index is 0.000638. The molecule has 4 nitrogen and oxygen atoms in total. The first-order valence-electron chi connectivity index (χ1n) is 5.89. The van der Waals surface area contributed by atoms with E-state index in [4.69, 9.17) is 9.84 Å². The van der Waals surface area contributed by atoms with Crippen LogP contribution >= 0.6 is 0 Å². The molecule has 0 saturated carbocycles. The lowest BCUT2D eigenvalue weighted by molar-refractivity contribution is -0.138. The molecule has 0 aliphatic carbocycles. The van der Waals surface area contributed by atoms with Gasteiger partial charge < -0.3 is 9.84 Å². The molecule has 4 heteroatoms. The van der Waals surface area contributed by atoms with E-state index in [1.54, 1.807) is 25.1 Å². The Kier molecular flexibility index (Phi) is 2.89. The van der Waals surface area contributed by atoms with Gasteiger partial charge in [-0.2, -0.15) is 0 Å². The van der Waals surface area contributed by atoms with Crippen LogP contribution in [-0.2, 0) is 4.79 Å². The van der Waals surface area contributed by atoms with Gasteiger partial charge >= 0.3 is 5.97 Å². The molecule has 1 N–H and O–H groups in total. The summed E-state index contributed by atoms with van der Waals surface area (Å²) in [5.41, 5.74) is 0.613. The molecule has 1 atom stereocenters. The fourth-order valence-electron chi connectivity index (χ4n) is 2.08. The van der Waals surface area contributed by atoms with Crippen molar-refractivity contribution in [1.29, 1.82) is 0 Å². The van der Waals surface area contributed by atoms with E-state index < -0.39 is 17.5 Å². The SMILES string of the molecule is CC(C(=O)O)c1ccc2c(c1)C(=O)CC(C)(C)O2. The van der Waals surface area contributed by atoms with Crippen molar-refractivity contribution in [2.45, 2.75) is 38.7 Å². The normalized spacial score (nSPS) is 18.7. The Morgan fingerprint density at radius 3 is 2.72 bits per heavy atom. The largest absolute Gasteiger partial charge is 0.487 e. The van der Waals surface area contributed by atoms with Crippen molar-refractivity contribution < 1.29 is 19.4 Å². The van der Waals surface area contributed by atoms with Crippen LogP contribution in [0, 0.1) is 0 Å². The van der Waals surface area contributed by atoms with Crippen molar-refractivity contribution in [2.24, 2.45) is 0 Å². The van der Waals surface area contributed by atoms with E-state index in [-0.39, 0.29) is 5.78 Å². The molecule has 0 bridgehead atoms. The number of rotatable bonds is 2. The molecule has 96 valence electrons. The van der Waals surface area contributed by atoms with Crippen LogP contribution in [0.15, 0.2) is 18.2 Å². The topological polar surface area (TPSA) is 63.6 Å². The first kappa shape index (κ1) is 12.6. The van der Waals surface area contributed by atoms with Crippen molar-refractivity contribution in [3.8, 4) is 5.75 Å². The van der Waals surface area contributed by atoms with Crippen molar-refractivity contribution in [1.82, 2.24) is 0 Å². The molecule has 1 heterocycles. The Morgan fingerprint density at radius 2 is 2.11 bits per heavy atom. The van der Waals surface area contributed by atoms with Gasteiger partial charge in [0.1, 0.15) is 11.4 Å². The number of benzene rings is 1. The molecule has 1 aromatic carbocycles. The molecule has 0 saturated heterocycles. The van der Waals surface area contributed by atoms with E-state index in [0.717, 1.165) is 0 Å². The zero-order valence-corrected chi connectivity index (χ0v) is 10.7. The Bertz CT molecular complexity index is 517. The van der Waals surface area contributed by atoms with E-state index in [9.17, 15) is 9.59 Å². The van der Waals surface area contributed by atoms with Gasteiger partial charge in [-0.3, -0.25) is 9.59 Å². The number of carboxylic acid groups (broad SMARTS) is 1. The smallest absolute Gasteiger partial charge is 0.310 e. The third-order valence-electron chi connectivity index (χ3n) is 3.15. The summed E-state index contributed by atoms with van der Waals surface area (Å²) in [5, 5.41) is 8.97. The Hall–Kier alpha value is -1.84. The average molecular weight is 248 g/mol. The van der Waals surface area contributed by atoms with E-state index >= 15 is 0 Å². The third-order valence-corrected chi connectivity index (χ3v) is 3.15. The molecular weight excluding hydrogens is 232 g/mol. The van der Waals surface area contributed by atoms with E-state index in [2.05, 4.69) is 0 Å². The van der Waals surface area contributed by atoms with Crippen LogP contribution in [0.1, 0.15) is 49.0 Å². The van der Waals surface area contributed by atoms with E-state index in [1.165, 1.54) is 0 Å². The second-order valence-corrected chi connectivity index (χ2v) is 5.28. The number of ketones is 1. The van der Waals surface area contributed by atoms with Gasteiger partial charge in [0.15, 0.2) is 5.78 Å². The highest BCUT2D eigenvalue weighted by atomic mass is 16.5. The molecule has 0 aromatic heterocycles. The molecule has 1 aliphatic rings. The van der Waals surface area contributed by atoms with Crippen LogP contribution in [0.5, 0.6) is 5.75 Å². The van der Waals surface area contributed by atoms with Crippen LogP contribution in [0.25, 0.3) is 0 Å². The van der Waals surface area contributed by atoms with Gasteiger partial charge in [0.05, 0.1) is 17.9 Å². The summed E-state index contributed by atoms with van der Waals surface area (Å²) in [6, 6.07) is 5.01. The first-order chi connectivity index (χ1) is 8.30. The lowest BCUT2D eigenvalue weighted by Crippen LogP contribution is -2.36. The fraction of sp³-hybridized carbons (Fsp3) is 0.429. The summed E-state index contributed by atoms with van der Waals surface area (Å²) in [7, 11) is 0. The van der Waals surface area contributed by atoms with Gasteiger partial charge in [0, 0.05) is 0 Å². The summed E-state index contributed by atoms with van der Waals surface area (Å²) in [4.78, 5) is 23.0. The molecular formula is C14H16O4. The molecule has 2 rings (SSSR count). The van der Waals surface area contributed by atoms with Crippen molar-refractivity contribution >= 4 is 11.8 Å². The van der Waals surface area contributed by atoms with Crippen molar-refractivity contribution in [2.75, 3.05) is 0 Å². The van der Waals surface area contributed by atoms with E-state index in [0.29, 0.717) is 23.3 Å². The minimum Gasteiger partial charge on any atom is -0.487 e. The molecule has 1 unspecified atom stereocenters. The quantitative estimate of drug-likeness (QED) is 0.873. The van der Waals surface area contributed by atoms with Crippen LogP contribution in [-0.4, -0.2) is 22.5 Å². The maximum Gasteiger partial charge on any atom is 0.310 e. The third kappa shape index (κ3) is 2.23. The maximum absolute atomic E-state index is 12.0. The Labute approximate surface area is 106 Å². The van der Waals surface area contributed by atoms with Gasteiger partial charge in [0.2, 0.25) is 0 Å². The Morgan fingerprint density at radius 1 is 1.44 bits per heavy atom. The highest BCUT2D eigenvalue weighted by Gasteiger charge is 2.33. The molecule has 1 aromatic rings. The number of carbonyl (C=O) groups is 2. The second-order valence-electron chi connectivity index (χ2n) is 5.28. The number of hydrogen-bond acceptors (Lipinski definition) is 3. The van der Waals surface area contributed by atoms with Gasteiger partial charge in [-0.25, -0.2) is 0 Å². The van der Waals surface area contributed by atoms with Crippen LogP contribution in [0.2, 0.25) is 0 Å². The van der Waals surface area contributed by atoms with Crippen LogP contribution in [0.4, 0.5) is 0 Å². The molecule has 0 radical (unpaired) electrons. The summed E-state index contributed by atoms with van der Waals surface area (Å²) < 4.78 is 5.72. The summed E-state index contributed by atoms with van der Waals surface area (Å²) >= 11 is 0. The predicted octanol–water partition coefficient (Wildman–Crippen LogP) is 2.62. The number of carboxylic acids is 1. The molecule has 0 spiro atoms. The predicted molar refractivity (Wildman–Crippen MR) is 66.1 cm³/mol. The summed E-state index contributed by atoms with van der Waals surface area (Å²) in [6.45, 7) is 5.32. The average Bonchev–Trinajstić information content (AvgIpc) is 2.26. The van der Waals surface area contributed by atoms with Crippen molar-refractivity contribution in [3.63, 3.8) is 0 Å². The first-order valence-corrected chi connectivity index (χ1v) is 5.89. The molecule has 18 heavy (non-hydrogen) atoms. The fourth-order valence-corrected chi connectivity index (χ4v) is 2.08. The number of fused-ring (bicyclic) bond motifs is 1. The number of carbonyl (C=O) groups excluding carboxylic acids is 1. The highest BCUT2D eigenvalue weighted by molar-refractivity contribution is 6.00. The lowest BCUT2D eigenvalue weighted by Gasteiger charge is -2.31. The highest BCUT2D eigenvalue weighted by Crippen LogP contribution is 2.34. The number of aliphatic carboxylic acids is 1. The standard InChI is InChI=1S/C14H16O4/c1-8(13(16)17)9-4-5-12-10(6-9)11(15)7-14(2,3)18-12/h4-6,8H,7H2,1-3H3,(H,16,17). The van der Waals surface area contributed by atoms with Gasteiger partial charge in [0.25, 0.3) is 0 Å². The van der Waals surface area contributed by atoms with Crippen LogP contribution in [0.3, 0.4) is 0 Å². The second kappa shape index (κ2) is 4.12. The summed E-state index contributed by atoms with van der Waals surface area (Å²) in [6.07, 6.45) is 0.310. The van der Waals surface area contributed by atoms with Crippen molar-refractivity contribution in [3.05, 3.63) is 29.3 Å². The molecule has 1 aliphatic heterocycles. The van der Waals surface area contributed by atoms with Gasteiger partial charge in [-0.05, 0) is 38.5 Å². The zero-order chi connectivity index (χ0) is 13.5. The zero-order valence-electron chi connectivity index (χ0n) is 10.7. The number of hydrogen-bond donors (Lipinski definition) is 1. The van der Waals surface area contributed by atoms with E-state index in [1.807, 2.05) is 13.8 Å². The number of Topliss-reactive ketones (excluding diaryl/α,β-unsaturated/α-hetero) is 1. The maximum atomic E-state index is 12.0. The van der Waals surface area contributed by atoms with Gasteiger partial charge in [-0.1, -0.05) is 6.07 Å². The Balaban J connectivity index is 2.42.